The van der Waals surface area contributed by atoms with E-state index in [2.05, 4.69) is 26.7 Å². The van der Waals surface area contributed by atoms with Crippen molar-refractivity contribution in [2.75, 3.05) is 26.2 Å². The van der Waals surface area contributed by atoms with Crippen LogP contribution in [0.15, 0.2) is 6.07 Å². The lowest BCUT2D eigenvalue weighted by Crippen LogP contribution is -2.57. The first-order valence-electron chi connectivity index (χ1n) is 6.83. The highest BCUT2D eigenvalue weighted by Gasteiger charge is 2.28. The van der Waals surface area contributed by atoms with Gasteiger partial charge in [0.1, 0.15) is 6.04 Å². The number of nitrogens with one attached hydrogen (secondary N) is 2. The molecule has 2 rings (SSSR count). The van der Waals surface area contributed by atoms with Crippen LogP contribution in [0.2, 0.25) is 0 Å². The van der Waals surface area contributed by atoms with Crippen LogP contribution >= 0.6 is 0 Å². The third kappa shape index (κ3) is 3.33. The SMILES string of the molecule is CCNC(=O)C1CNCCN1Cc1cc(C)nn1C. The monoisotopic (exact) mass is 265 g/mol. The number of hydrogen-bond acceptors (Lipinski definition) is 4. The number of rotatable bonds is 4. The first-order chi connectivity index (χ1) is 9.11. The van der Waals surface area contributed by atoms with Crippen LogP contribution in [0, 0.1) is 6.92 Å². The fraction of sp³-hybridized carbons (Fsp3) is 0.692. The third-order valence-corrected chi connectivity index (χ3v) is 3.47. The first-order valence-corrected chi connectivity index (χ1v) is 6.83. The quantitative estimate of drug-likeness (QED) is 0.780. The minimum atomic E-state index is -0.0936. The molecule has 1 unspecified atom stereocenters. The number of aryl methyl sites for hydroxylation is 2. The smallest absolute Gasteiger partial charge is 0.238 e. The van der Waals surface area contributed by atoms with E-state index in [1.165, 1.54) is 0 Å². The van der Waals surface area contributed by atoms with Gasteiger partial charge in [-0.3, -0.25) is 14.4 Å². The van der Waals surface area contributed by atoms with Crippen molar-refractivity contribution in [3.8, 4) is 0 Å². The molecule has 1 saturated heterocycles. The summed E-state index contributed by atoms with van der Waals surface area (Å²) in [5, 5.41) is 10.5. The summed E-state index contributed by atoms with van der Waals surface area (Å²) >= 11 is 0. The average molecular weight is 265 g/mol. The molecule has 0 radical (unpaired) electrons. The minimum Gasteiger partial charge on any atom is -0.355 e. The van der Waals surface area contributed by atoms with E-state index in [9.17, 15) is 4.79 Å². The maximum atomic E-state index is 12.1. The molecule has 1 aliphatic rings. The molecular weight excluding hydrogens is 242 g/mol. The molecule has 6 heteroatoms. The Morgan fingerprint density at radius 3 is 3.05 bits per heavy atom. The second-order valence-electron chi connectivity index (χ2n) is 4.99. The molecule has 2 N–H and O–H groups in total. The van der Waals surface area contributed by atoms with Crippen LogP contribution in [-0.2, 0) is 18.4 Å². The Bertz CT molecular complexity index is 442. The largest absolute Gasteiger partial charge is 0.355 e. The molecule has 0 bridgehead atoms. The van der Waals surface area contributed by atoms with E-state index in [0.29, 0.717) is 13.1 Å². The van der Waals surface area contributed by atoms with Gasteiger partial charge < -0.3 is 10.6 Å². The van der Waals surface area contributed by atoms with Crippen molar-refractivity contribution < 1.29 is 4.79 Å². The van der Waals surface area contributed by atoms with Gasteiger partial charge in [0.2, 0.25) is 5.91 Å². The lowest BCUT2D eigenvalue weighted by Gasteiger charge is -2.34. The van der Waals surface area contributed by atoms with Crippen molar-refractivity contribution in [3.05, 3.63) is 17.5 Å². The number of carbonyl (C=O) groups excluding carboxylic acids is 1. The van der Waals surface area contributed by atoms with Gasteiger partial charge in [-0.2, -0.15) is 5.10 Å². The predicted octanol–water partition coefficient (Wildman–Crippen LogP) is -0.362. The van der Waals surface area contributed by atoms with Gasteiger partial charge in [0, 0.05) is 39.8 Å². The minimum absolute atomic E-state index is 0.0936. The van der Waals surface area contributed by atoms with Crippen molar-refractivity contribution in [1.29, 1.82) is 0 Å². The summed E-state index contributed by atoms with van der Waals surface area (Å²) in [4.78, 5) is 14.3. The van der Waals surface area contributed by atoms with Crippen LogP contribution in [0.1, 0.15) is 18.3 Å². The summed E-state index contributed by atoms with van der Waals surface area (Å²) in [6, 6.07) is 1.99. The molecule has 19 heavy (non-hydrogen) atoms. The van der Waals surface area contributed by atoms with E-state index >= 15 is 0 Å². The Labute approximate surface area is 114 Å². The molecule has 0 saturated carbocycles. The molecule has 1 aliphatic heterocycles. The summed E-state index contributed by atoms with van der Waals surface area (Å²) in [6.45, 7) is 7.89. The van der Waals surface area contributed by atoms with Crippen LogP contribution in [0.4, 0.5) is 0 Å². The highest BCUT2D eigenvalue weighted by Crippen LogP contribution is 2.11. The molecule has 1 fully saturated rings. The maximum absolute atomic E-state index is 12.1. The number of aromatic nitrogens is 2. The number of hydrogen-bond donors (Lipinski definition) is 2. The van der Waals surface area contributed by atoms with Crippen LogP contribution in [-0.4, -0.2) is 52.8 Å². The summed E-state index contributed by atoms with van der Waals surface area (Å²) in [7, 11) is 1.95. The average Bonchev–Trinajstić information content (AvgIpc) is 2.69. The standard InChI is InChI=1S/C13H23N5O/c1-4-15-13(19)12-8-14-5-6-18(12)9-11-7-10(2)16-17(11)3/h7,12,14H,4-6,8-9H2,1-3H3,(H,15,19). The zero-order valence-corrected chi connectivity index (χ0v) is 11.9. The highest BCUT2D eigenvalue weighted by molar-refractivity contribution is 5.82. The second-order valence-corrected chi connectivity index (χ2v) is 4.99. The molecule has 1 amide bonds. The molecular formula is C13H23N5O. The molecule has 0 spiro atoms. The van der Waals surface area contributed by atoms with Crippen molar-refractivity contribution in [2.45, 2.75) is 26.4 Å². The Hall–Kier alpha value is -1.40. The predicted molar refractivity (Wildman–Crippen MR) is 73.7 cm³/mol. The van der Waals surface area contributed by atoms with E-state index in [4.69, 9.17) is 0 Å². The summed E-state index contributed by atoms with van der Waals surface area (Å²) in [5.41, 5.74) is 2.16. The normalized spacial score (nSPS) is 20.5. The summed E-state index contributed by atoms with van der Waals surface area (Å²) < 4.78 is 1.89. The number of carbonyl (C=O) groups is 1. The van der Waals surface area contributed by atoms with Crippen molar-refractivity contribution in [1.82, 2.24) is 25.3 Å². The number of amides is 1. The maximum Gasteiger partial charge on any atom is 0.238 e. The molecule has 2 heterocycles. The van der Waals surface area contributed by atoms with Gasteiger partial charge in [0.05, 0.1) is 11.4 Å². The molecule has 106 valence electrons. The van der Waals surface area contributed by atoms with Gasteiger partial charge in [-0.05, 0) is 19.9 Å². The van der Waals surface area contributed by atoms with Crippen molar-refractivity contribution >= 4 is 5.91 Å². The Kier molecular flexibility index (Phi) is 4.55. The second kappa shape index (κ2) is 6.16. The van der Waals surface area contributed by atoms with Crippen LogP contribution < -0.4 is 10.6 Å². The van der Waals surface area contributed by atoms with E-state index in [1.807, 2.05) is 25.6 Å². The van der Waals surface area contributed by atoms with Gasteiger partial charge in [-0.1, -0.05) is 0 Å². The summed E-state index contributed by atoms with van der Waals surface area (Å²) in [5.74, 6) is 0.105. The fourth-order valence-electron chi connectivity index (χ4n) is 2.51. The molecule has 1 aromatic heterocycles. The van der Waals surface area contributed by atoms with Crippen molar-refractivity contribution in [3.63, 3.8) is 0 Å². The zero-order valence-electron chi connectivity index (χ0n) is 11.9. The molecule has 0 aromatic carbocycles. The summed E-state index contributed by atoms with van der Waals surface area (Å²) in [6.07, 6.45) is 0. The van der Waals surface area contributed by atoms with E-state index in [0.717, 1.165) is 31.0 Å². The van der Waals surface area contributed by atoms with Gasteiger partial charge in [-0.15, -0.1) is 0 Å². The van der Waals surface area contributed by atoms with Gasteiger partial charge in [-0.25, -0.2) is 0 Å². The number of nitrogens with zero attached hydrogens (tertiary/aromatic N) is 3. The van der Waals surface area contributed by atoms with E-state index < -0.39 is 0 Å². The topological polar surface area (TPSA) is 62.2 Å². The van der Waals surface area contributed by atoms with Gasteiger partial charge >= 0.3 is 0 Å². The van der Waals surface area contributed by atoms with Gasteiger partial charge in [0.15, 0.2) is 0 Å². The van der Waals surface area contributed by atoms with Crippen LogP contribution in [0.3, 0.4) is 0 Å². The van der Waals surface area contributed by atoms with E-state index in [-0.39, 0.29) is 11.9 Å². The third-order valence-electron chi connectivity index (χ3n) is 3.47. The van der Waals surface area contributed by atoms with Crippen LogP contribution in [0.25, 0.3) is 0 Å². The lowest BCUT2D eigenvalue weighted by molar-refractivity contribution is -0.127. The molecule has 1 aromatic rings. The van der Waals surface area contributed by atoms with E-state index in [1.54, 1.807) is 0 Å². The van der Waals surface area contributed by atoms with Gasteiger partial charge in [0.25, 0.3) is 0 Å². The molecule has 1 atom stereocenters. The fourth-order valence-corrected chi connectivity index (χ4v) is 2.51. The number of likely N-dealkylation sites (N-methyl/N-ethyl adjacent to an activating group) is 1. The first kappa shape index (κ1) is 14.0. The Morgan fingerprint density at radius 1 is 1.63 bits per heavy atom. The molecule has 6 nitrogen and oxygen atoms in total. The zero-order chi connectivity index (χ0) is 13.8. The Morgan fingerprint density at radius 2 is 2.42 bits per heavy atom. The van der Waals surface area contributed by atoms with Crippen LogP contribution in [0.5, 0.6) is 0 Å². The highest BCUT2D eigenvalue weighted by atomic mass is 16.2. The molecule has 0 aliphatic carbocycles. The van der Waals surface area contributed by atoms with Crippen molar-refractivity contribution in [2.24, 2.45) is 7.05 Å². The number of piperazine rings is 1. The lowest BCUT2D eigenvalue weighted by atomic mass is 10.1. The Balaban J connectivity index is 2.07.